The first-order chi connectivity index (χ1) is 8.65. The van der Waals surface area contributed by atoms with E-state index in [-0.39, 0.29) is 6.03 Å². The van der Waals surface area contributed by atoms with E-state index in [4.69, 9.17) is 0 Å². The van der Waals surface area contributed by atoms with E-state index in [0.717, 1.165) is 30.9 Å². The Morgan fingerprint density at radius 1 is 1.56 bits per heavy atom. The highest BCUT2D eigenvalue weighted by Gasteiger charge is 2.20. The fourth-order valence-corrected chi connectivity index (χ4v) is 2.35. The summed E-state index contributed by atoms with van der Waals surface area (Å²) in [6, 6.07) is 5.89. The number of pyridine rings is 1. The van der Waals surface area contributed by atoms with E-state index >= 15 is 0 Å². The van der Waals surface area contributed by atoms with Crippen LogP contribution in [0.5, 0.6) is 0 Å². The van der Waals surface area contributed by atoms with Crippen LogP contribution in [0, 0.1) is 12.8 Å². The predicted octanol–water partition coefficient (Wildman–Crippen LogP) is 2.33. The van der Waals surface area contributed by atoms with Gasteiger partial charge in [-0.2, -0.15) is 0 Å². The Morgan fingerprint density at radius 3 is 3.11 bits per heavy atom. The lowest BCUT2D eigenvalue weighted by Crippen LogP contribution is -2.44. The molecule has 1 fully saturated rings. The fraction of sp³-hybridized carbons (Fsp3) is 0.571. The maximum Gasteiger partial charge on any atom is 0.317 e. The highest BCUT2D eigenvalue weighted by Crippen LogP contribution is 2.15. The minimum absolute atomic E-state index is 0.0323. The predicted molar refractivity (Wildman–Crippen MR) is 71.2 cm³/mol. The van der Waals surface area contributed by atoms with Gasteiger partial charge in [0.1, 0.15) is 0 Å². The van der Waals surface area contributed by atoms with Crippen molar-refractivity contribution < 1.29 is 4.79 Å². The second-order valence-corrected chi connectivity index (χ2v) is 5.12. The Morgan fingerprint density at radius 2 is 2.39 bits per heavy atom. The van der Waals surface area contributed by atoms with Gasteiger partial charge in [-0.05, 0) is 37.8 Å². The second-order valence-electron chi connectivity index (χ2n) is 5.12. The van der Waals surface area contributed by atoms with Crippen molar-refractivity contribution in [2.75, 3.05) is 13.1 Å². The van der Waals surface area contributed by atoms with Gasteiger partial charge in [0.2, 0.25) is 0 Å². The number of aromatic nitrogens is 1. The monoisotopic (exact) mass is 247 g/mol. The van der Waals surface area contributed by atoms with Crippen LogP contribution >= 0.6 is 0 Å². The van der Waals surface area contributed by atoms with Crippen LogP contribution in [-0.4, -0.2) is 29.0 Å². The molecule has 4 heteroatoms. The van der Waals surface area contributed by atoms with Crippen molar-refractivity contribution in [1.29, 1.82) is 0 Å². The topological polar surface area (TPSA) is 45.2 Å². The molecule has 98 valence electrons. The largest absolute Gasteiger partial charge is 0.332 e. The molecule has 0 radical (unpaired) electrons. The molecule has 1 aromatic rings. The second kappa shape index (κ2) is 5.85. The lowest BCUT2D eigenvalue weighted by atomic mass is 10.0. The van der Waals surface area contributed by atoms with Gasteiger partial charge in [-0.15, -0.1) is 0 Å². The SMILES string of the molecule is Cc1cccc(CNC(=O)N2CCCC(C)C2)n1. The molecule has 0 bridgehead atoms. The zero-order valence-corrected chi connectivity index (χ0v) is 11.1. The first-order valence-electron chi connectivity index (χ1n) is 6.60. The number of hydrogen-bond donors (Lipinski definition) is 1. The number of rotatable bonds is 2. The van der Waals surface area contributed by atoms with Gasteiger partial charge in [-0.25, -0.2) is 4.79 Å². The van der Waals surface area contributed by atoms with Gasteiger partial charge in [0, 0.05) is 18.8 Å². The van der Waals surface area contributed by atoms with Crippen molar-refractivity contribution in [2.24, 2.45) is 5.92 Å². The average molecular weight is 247 g/mol. The van der Waals surface area contributed by atoms with Crippen molar-refractivity contribution in [3.63, 3.8) is 0 Å². The first-order valence-corrected chi connectivity index (χ1v) is 6.60. The van der Waals surface area contributed by atoms with Gasteiger partial charge in [0.25, 0.3) is 0 Å². The Labute approximate surface area is 108 Å². The molecule has 1 atom stereocenters. The lowest BCUT2D eigenvalue weighted by molar-refractivity contribution is 0.169. The maximum absolute atomic E-state index is 12.0. The van der Waals surface area contributed by atoms with E-state index in [1.165, 1.54) is 6.42 Å². The summed E-state index contributed by atoms with van der Waals surface area (Å²) >= 11 is 0. The molecule has 1 aliphatic rings. The number of carbonyl (C=O) groups is 1. The number of nitrogens with one attached hydrogen (secondary N) is 1. The number of likely N-dealkylation sites (tertiary alicyclic amines) is 1. The van der Waals surface area contributed by atoms with Gasteiger partial charge >= 0.3 is 6.03 Å². The molecule has 2 amide bonds. The molecular formula is C14H21N3O. The lowest BCUT2D eigenvalue weighted by Gasteiger charge is -2.30. The zero-order chi connectivity index (χ0) is 13.0. The Kier molecular flexibility index (Phi) is 4.18. The molecular weight excluding hydrogens is 226 g/mol. The van der Waals surface area contributed by atoms with Crippen molar-refractivity contribution in [1.82, 2.24) is 15.2 Å². The molecule has 1 unspecified atom stereocenters. The van der Waals surface area contributed by atoms with Crippen molar-refractivity contribution >= 4 is 6.03 Å². The number of hydrogen-bond acceptors (Lipinski definition) is 2. The van der Waals surface area contributed by atoms with Crippen LogP contribution in [0.4, 0.5) is 4.79 Å². The molecule has 2 rings (SSSR count). The third-order valence-corrected chi connectivity index (χ3v) is 3.31. The van der Waals surface area contributed by atoms with E-state index in [0.29, 0.717) is 12.5 Å². The number of nitrogens with zero attached hydrogens (tertiary/aromatic N) is 2. The summed E-state index contributed by atoms with van der Waals surface area (Å²) in [7, 11) is 0. The zero-order valence-electron chi connectivity index (χ0n) is 11.1. The van der Waals surface area contributed by atoms with E-state index in [9.17, 15) is 4.79 Å². The molecule has 0 saturated carbocycles. The van der Waals surface area contributed by atoms with Crippen molar-refractivity contribution in [3.8, 4) is 0 Å². The summed E-state index contributed by atoms with van der Waals surface area (Å²) in [5.74, 6) is 0.613. The fourth-order valence-electron chi connectivity index (χ4n) is 2.35. The summed E-state index contributed by atoms with van der Waals surface area (Å²) in [6.45, 7) is 6.40. The van der Waals surface area contributed by atoms with E-state index in [1.807, 2.05) is 30.0 Å². The van der Waals surface area contributed by atoms with Crippen LogP contribution in [0.1, 0.15) is 31.2 Å². The molecule has 1 N–H and O–H groups in total. The number of amides is 2. The molecule has 2 heterocycles. The summed E-state index contributed by atoms with van der Waals surface area (Å²) < 4.78 is 0. The van der Waals surface area contributed by atoms with Crippen molar-refractivity contribution in [2.45, 2.75) is 33.2 Å². The highest BCUT2D eigenvalue weighted by molar-refractivity contribution is 5.74. The van der Waals surface area contributed by atoms with Crippen LogP contribution in [-0.2, 0) is 6.54 Å². The quantitative estimate of drug-likeness (QED) is 0.871. The van der Waals surface area contributed by atoms with E-state index in [2.05, 4.69) is 17.2 Å². The molecule has 1 aliphatic heterocycles. The third kappa shape index (κ3) is 3.45. The standard InChI is InChI=1S/C14H21N3O/c1-11-5-4-8-17(10-11)14(18)15-9-13-7-3-6-12(2)16-13/h3,6-7,11H,4-5,8-10H2,1-2H3,(H,15,18). The average Bonchev–Trinajstić information content (AvgIpc) is 2.36. The third-order valence-electron chi connectivity index (χ3n) is 3.31. The molecule has 4 nitrogen and oxygen atoms in total. The molecule has 1 saturated heterocycles. The van der Waals surface area contributed by atoms with Crippen LogP contribution in [0.3, 0.4) is 0 Å². The summed E-state index contributed by atoms with van der Waals surface area (Å²) in [5.41, 5.74) is 1.89. The molecule has 0 spiro atoms. The smallest absolute Gasteiger partial charge is 0.317 e. The van der Waals surface area contributed by atoms with Crippen molar-refractivity contribution in [3.05, 3.63) is 29.6 Å². The van der Waals surface area contributed by atoms with Gasteiger partial charge in [0.05, 0.1) is 12.2 Å². The molecule has 0 aliphatic carbocycles. The molecule has 1 aromatic heterocycles. The van der Waals surface area contributed by atoms with E-state index in [1.54, 1.807) is 0 Å². The summed E-state index contributed by atoms with van der Waals surface area (Å²) in [5, 5.41) is 2.94. The Bertz CT molecular complexity index is 419. The first kappa shape index (κ1) is 12.9. The van der Waals surface area contributed by atoms with Crippen LogP contribution < -0.4 is 5.32 Å². The van der Waals surface area contributed by atoms with Crippen LogP contribution in [0.25, 0.3) is 0 Å². The Balaban J connectivity index is 1.84. The highest BCUT2D eigenvalue weighted by atomic mass is 16.2. The van der Waals surface area contributed by atoms with Gasteiger partial charge in [0.15, 0.2) is 0 Å². The van der Waals surface area contributed by atoms with Crippen LogP contribution in [0.2, 0.25) is 0 Å². The Hall–Kier alpha value is -1.58. The number of aryl methyl sites for hydroxylation is 1. The summed E-state index contributed by atoms with van der Waals surface area (Å²) in [6.07, 6.45) is 2.33. The normalized spacial score (nSPS) is 19.7. The minimum atomic E-state index is 0.0323. The van der Waals surface area contributed by atoms with Gasteiger partial charge in [-0.3, -0.25) is 4.98 Å². The number of carbonyl (C=O) groups excluding carboxylic acids is 1. The maximum atomic E-state index is 12.0. The number of piperidine rings is 1. The van der Waals surface area contributed by atoms with E-state index < -0.39 is 0 Å². The molecule has 18 heavy (non-hydrogen) atoms. The van der Waals surface area contributed by atoms with Gasteiger partial charge < -0.3 is 10.2 Å². The number of urea groups is 1. The molecule has 0 aromatic carbocycles. The van der Waals surface area contributed by atoms with Gasteiger partial charge in [-0.1, -0.05) is 13.0 Å². The summed E-state index contributed by atoms with van der Waals surface area (Å²) in [4.78, 5) is 18.3. The minimum Gasteiger partial charge on any atom is -0.332 e. The van der Waals surface area contributed by atoms with Crippen LogP contribution in [0.15, 0.2) is 18.2 Å².